The summed E-state index contributed by atoms with van der Waals surface area (Å²) < 4.78 is 5.40. The molecule has 4 rings (SSSR count). The van der Waals surface area contributed by atoms with Gasteiger partial charge in [-0.1, -0.05) is 28.9 Å². The number of carbonyl (C=O) groups is 2. The predicted molar refractivity (Wildman–Crippen MR) is 140 cm³/mol. The van der Waals surface area contributed by atoms with E-state index in [0.29, 0.717) is 36.8 Å². The number of hydrogen-bond donors (Lipinski definition) is 2. The SMILES string of the molecule is Cc1cccc(NC(=O)N(C)CCc2noc(-c3ccc(C(=O)NCCC4=CCCCC4)cc3)n2)c1. The summed E-state index contributed by atoms with van der Waals surface area (Å²) in [5.74, 6) is 0.809. The summed E-state index contributed by atoms with van der Waals surface area (Å²) in [7, 11) is 1.72. The van der Waals surface area contributed by atoms with Gasteiger partial charge in [0.15, 0.2) is 5.82 Å². The number of rotatable bonds is 9. The lowest BCUT2D eigenvalue weighted by Crippen LogP contribution is -2.33. The molecule has 0 atom stereocenters. The quantitative estimate of drug-likeness (QED) is 0.395. The summed E-state index contributed by atoms with van der Waals surface area (Å²) in [6, 6.07) is 14.6. The summed E-state index contributed by atoms with van der Waals surface area (Å²) >= 11 is 0. The van der Waals surface area contributed by atoms with E-state index in [1.165, 1.54) is 18.4 Å². The van der Waals surface area contributed by atoms with Gasteiger partial charge >= 0.3 is 6.03 Å². The third kappa shape index (κ3) is 7.04. The first-order valence-electron chi connectivity index (χ1n) is 12.5. The average Bonchev–Trinajstić information content (AvgIpc) is 3.37. The molecule has 8 heteroatoms. The van der Waals surface area contributed by atoms with Crippen molar-refractivity contribution in [3.05, 3.63) is 77.1 Å². The van der Waals surface area contributed by atoms with Gasteiger partial charge in [0.25, 0.3) is 11.8 Å². The van der Waals surface area contributed by atoms with Crippen LogP contribution in [0.2, 0.25) is 0 Å². The fourth-order valence-corrected chi connectivity index (χ4v) is 4.12. The van der Waals surface area contributed by atoms with Gasteiger partial charge in [0.1, 0.15) is 0 Å². The summed E-state index contributed by atoms with van der Waals surface area (Å²) in [4.78, 5) is 30.9. The lowest BCUT2D eigenvalue weighted by molar-refractivity contribution is 0.0954. The smallest absolute Gasteiger partial charge is 0.321 e. The van der Waals surface area contributed by atoms with Gasteiger partial charge < -0.3 is 20.1 Å². The molecule has 36 heavy (non-hydrogen) atoms. The van der Waals surface area contributed by atoms with Crippen LogP contribution in [0.3, 0.4) is 0 Å². The number of aryl methyl sites for hydroxylation is 1. The van der Waals surface area contributed by atoms with Crippen molar-refractivity contribution in [2.45, 2.75) is 45.4 Å². The molecule has 0 aliphatic heterocycles. The molecule has 0 unspecified atom stereocenters. The zero-order valence-electron chi connectivity index (χ0n) is 20.9. The third-order valence-corrected chi connectivity index (χ3v) is 6.27. The Morgan fingerprint density at radius 1 is 1.08 bits per heavy atom. The fourth-order valence-electron chi connectivity index (χ4n) is 4.12. The van der Waals surface area contributed by atoms with Crippen molar-refractivity contribution in [2.24, 2.45) is 0 Å². The van der Waals surface area contributed by atoms with E-state index in [4.69, 9.17) is 4.52 Å². The van der Waals surface area contributed by atoms with Crippen LogP contribution in [0.4, 0.5) is 10.5 Å². The van der Waals surface area contributed by atoms with Crippen molar-refractivity contribution >= 4 is 17.6 Å². The second kappa shape index (κ2) is 12.2. The molecule has 0 radical (unpaired) electrons. The van der Waals surface area contributed by atoms with Crippen molar-refractivity contribution in [1.82, 2.24) is 20.4 Å². The maximum Gasteiger partial charge on any atom is 0.321 e. The lowest BCUT2D eigenvalue weighted by Gasteiger charge is -2.17. The van der Waals surface area contributed by atoms with Crippen LogP contribution in [0.5, 0.6) is 0 Å². The van der Waals surface area contributed by atoms with Gasteiger partial charge in [0.05, 0.1) is 0 Å². The minimum atomic E-state index is -0.200. The number of amides is 3. The van der Waals surface area contributed by atoms with Crippen LogP contribution < -0.4 is 10.6 Å². The van der Waals surface area contributed by atoms with Crippen LogP contribution in [0.15, 0.2) is 64.7 Å². The number of benzene rings is 2. The van der Waals surface area contributed by atoms with Crippen LogP contribution in [0.1, 0.15) is 53.8 Å². The van der Waals surface area contributed by atoms with E-state index < -0.39 is 0 Å². The van der Waals surface area contributed by atoms with Crippen molar-refractivity contribution in [3.63, 3.8) is 0 Å². The lowest BCUT2D eigenvalue weighted by atomic mass is 9.97. The van der Waals surface area contributed by atoms with E-state index in [1.54, 1.807) is 36.2 Å². The van der Waals surface area contributed by atoms with Crippen LogP contribution in [-0.2, 0) is 6.42 Å². The average molecular weight is 488 g/mol. The van der Waals surface area contributed by atoms with Crippen molar-refractivity contribution in [1.29, 1.82) is 0 Å². The van der Waals surface area contributed by atoms with Gasteiger partial charge in [-0.25, -0.2) is 4.79 Å². The molecule has 0 bridgehead atoms. The predicted octanol–water partition coefficient (Wildman–Crippen LogP) is 5.37. The molecule has 3 amide bonds. The van der Waals surface area contributed by atoms with E-state index in [2.05, 4.69) is 26.9 Å². The monoisotopic (exact) mass is 487 g/mol. The van der Waals surface area contributed by atoms with E-state index in [-0.39, 0.29) is 11.9 Å². The topological polar surface area (TPSA) is 100 Å². The molecule has 0 saturated carbocycles. The summed E-state index contributed by atoms with van der Waals surface area (Å²) in [6.07, 6.45) is 8.50. The maximum atomic E-state index is 12.5. The maximum absolute atomic E-state index is 12.5. The Balaban J connectivity index is 1.24. The molecule has 188 valence electrons. The number of nitrogens with one attached hydrogen (secondary N) is 2. The Kier molecular flexibility index (Phi) is 8.49. The Bertz CT molecular complexity index is 1220. The first-order chi connectivity index (χ1) is 17.5. The van der Waals surface area contributed by atoms with Crippen molar-refractivity contribution in [3.8, 4) is 11.5 Å². The molecule has 1 aliphatic rings. The Morgan fingerprint density at radius 2 is 1.92 bits per heavy atom. The van der Waals surface area contributed by atoms with Crippen LogP contribution in [-0.4, -0.2) is 47.1 Å². The van der Waals surface area contributed by atoms with Gasteiger partial charge in [0.2, 0.25) is 0 Å². The molecule has 1 aromatic heterocycles. The number of urea groups is 1. The van der Waals surface area contributed by atoms with E-state index in [1.807, 2.05) is 31.2 Å². The summed E-state index contributed by atoms with van der Waals surface area (Å²) in [5, 5.41) is 9.91. The molecule has 3 aromatic rings. The van der Waals surface area contributed by atoms with Crippen LogP contribution >= 0.6 is 0 Å². The Hall–Kier alpha value is -3.94. The van der Waals surface area contributed by atoms with E-state index in [9.17, 15) is 9.59 Å². The van der Waals surface area contributed by atoms with Crippen molar-refractivity contribution < 1.29 is 14.1 Å². The van der Waals surface area contributed by atoms with E-state index in [0.717, 1.165) is 36.1 Å². The largest absolute Gasteiger partial charge is 0.352 e. The van der Waals surface area contributed by atoms with E-state index >= 15 is 0 Å². The molecule has 1 aliphatic carbocycles. The minimum absolute atomic E-state index is 0.0869. The second-order valence-electron chi connectivity index (χ2n) is 9.18. The number of nitrogens with zero attached hydrogens (tertiary/aromatic N) is 3. The molecule has 1 heterocycles. The molecule has 8 nitrogen and oxygen atoms in total. The summed E-state index contributed by atoms with van der Waals surface area (Å²) in [6.45, 7) is 3.07. The molecular formula is C28H33N5O3. The zero-order chi connectivity index (χ0) is 25.3. The fraction of sp³-hybridized carbons (Fsp3) is 0.357. The normalized spacial score (nSPS) is 13.1. The molecule has 0 saturated heterocycles. The van der Waals surface area contributed by atoms with Gasteiger partial charge in [-0.05, 0) is 81.0 Å². The number of allylic oxidation sites excluding steroid dienone is 1. The Morgan fingerprint density at radius 3 is 2.67 bits per heavy atom. The standard InChI is InChI=1S/C28H33N5O3/c1-20-7-6-10-24(19-20)30-28(35)33(2)18-16-25-31-27(36-32-25)23-13-11-22(12-14-23)26(34)29-17-15-21-8-4-3-5-9-21/h6-8,10-14,19H,3-5,9,15-18H2,1-2H3,(H,29,34)(H,30,35). The third-order valence-electron chi connectivity index (χ3n) is 6.27. The number of anilines is 1. The van der Waals surface area contributed by atoms with Gasteiger partial charge in [-0.15, -0.1) is 0 Å². The number of hydrogen-bond acceptors (Lipinski definition) is 5. The molecule has 2 aromatic carbocycles. The molecule has 0 fully saturated rings. The first kappa shape index (κ1) is 25.2. The highest BCUT2D eigenvalue weighted by atomic mass is 16.5. The highest BCUT2D eigenvalue weighted by Crippen LogP contribution is 2.20. The number of aromatic nitrogens is 2. The van der Waals surface area contributed by atoms with Gasteiger partial charge in [-0.2, -0.15) is 4.98 Å². The molecule has 2 N–H and O–H groups in total. The number of carbonyl (C=O) groups excluding carboxylic acids is 2. The second-order valence-corrected chi connectivity index (χ2v) is 9.18. The first-order valence-corrected chi connectivity index (χ1v) is 12.5. The molecular weight excluding hydrogens is 454 g/mol. The number of likely N-dealkylation sites (N-methyl/N-ethyl adjacent to an activating group) is 1. The highest BCUT2D eigenvalue weighted by Gasteiger charge is 2.14. The highest BCUT2D eigenvalue weighted by molar-refractivity contribution is 5.94. The van der Waals surface area contributed by atoms with Gasteiger partial charge in [-0.3, -0.25) is 4.79 Å². The van der Waals surface area contributed by atoms with Crippen LogP contribution in [0.25, 0.3) is 11.5 Å². The minimum Gasteiger partial charge on any atom is -0.352 e. The van der Waals surface area contributed by atoms with Crippen LogP contribution in [0, 0.1) is 6.92 Å². The van der Waals surface area contributed by atoms with Crippen molar-refractivity contribution in [2.75, 3.05) is 25.5 Å². The Labute approximate surface area is 211 Å². The zero-order valence-corrected chi connectivity index (χ0v) is 20.9. The molecule has 0 spiro atoms. The summed E-state index contributed by atoms with van der Waals surface area (Å²) in [5.41, 5.74) is 4.62. The van der Waals surface area contributed by atoms with Gasteiger partial charge in [0, 0.05) is 43.4 Å².